The van der Waals surface area contributed by atoms with Gasteiger partial charge in [0.25, 0.3) is 5.91 Å². The Balaban J connectivity index is 1.64. The maximum Gasteiger partial charge on any atom is 0.254 e. The molecule has 0 radical (unpaired) electrons. The highest BCUT2D eigenvalue weighted by Gasteiger charge is 2.26. The second-order valence-electron chi connectivity index (χ2n) is 6.49. The number of benzene rings is 1. The SMILES string of the molecule is COc1cccc(C(=O)N2CCCC(Oc3ccc(N(C)C)nn3)C2)c1. The zero-order valence-electron chi connectivity index (χ0n) is 15.4. The molecule has 0 bridgehead atoms. The quantitative estimate of drug-likeness (QED) is 0.818. The summed E-state index contributed by atoms with van der Waals surface area (Å²) in [7, 11) is 5.42. The molecule has 0 saturated carbocycles. The molecule has 1 aromatic heterocycles. The molecule has 1 aliphatic heterocycles. The second-order valence-corrected chi connectivity index (χ2v) is 6.49. The molecule has 138 valence electrons. The van der Waals surface area contributed by atoms with Crippen molar-refractivity contribution in [2.45, 2.75) is 18.9 Å². The first kappa shape index (κ1) is 18.0. The number of aromatic nitrogens is 2. The Morgan fingerprint density at radius 3 is 2.77 bits per heavy atom. The van der Waals surface area contributed by atoms with Crippen molar-refractivity contribution < 1.29 is 14.3 Å². The molecule has 1 saturated heterocycles. The Labute approximate surface area is 153 Å². The monoisotopic (exact) mass is 356 g/mol. The van der Waals surface area contributed by atoms with E-state index >= 15 is 0 Å². The first-order chi connectivity index (χ1) is 12.6. The van der Waals surface area contributed by atoms with Crippen LogP contribution in [-0.2, 0) is 0 Å². The maximum absolute atomic E-state index is 12.8. The molecule has 7 nitrogen and oxygen atoms in total. The molecule has 26 heavy (non-hydrogen) atoms. The predicted octanol–water partition coefficient (Wildman–Crippen LogP) is 2.23. The van der Waals surface area contributed by atoms with Crippen LogP contribution in [0, 0.1) is 0 Å². The molecular weight excluding hydrogens is 332 g/mol. The highest BCUT2D eigenvalue weighted by molar-refractivity contribution is 5.94. The Morgan fingerprint density at radius 2 is 2.08 bits per heavy atom. The minimum atomic E-state index is -0.0854. The van der Waals surface area contributed by atoms with Gasteiger partial charge in [0, 0.05) is 32.3 Å². The van der Waals surface area contributed by atoms with Crippen LogP contribution in [0.15, 0.2) is 36.4 Å². The number of nitrogens with zero attached hydrogens (tertiary/aromatic N) is 4. The van der Waals surface area contributed by atoms with Crippen LogP contribution >= 0.6 is 0 Å². The molecule has 0 aliphatic carbocycles. The van der Waals surface area contributed by atoms with Gasteiger partial charge in [-0.25, -0.2) is 0 Å². The molecule has 7 heteroatoms. The van der Waals surface area contributed by atoms with Crippen molar-refractivity contribution in [2.24, 2.45) is 0 Å². The van der Waals surface area contributed by atoms with Crippen LogP contribution in [-0.4, -0.2) is 61.4 Å². The van der Waals surface area contributed by atoms with E-state index in [9.17, 15) is 4.79 Å². The van der Waals surface area contributed by atoms with Gasteiger partial charge in [0.2, 0.25) is 5.88 Å². The molecular formula is C19H24N4O3. The van der Waals surface area contributed by atoms with Gasteiger partial charge in [-0.1, -0.05) is 6.07 Å². The van der Waals surface area contributed by atoms with Crippen molar-refractivity contribution in [2.75, 3.05) is 39.2 Å². The Morgan fingerprint density at radius 1 is 1.23 bits per heavy atom. The van der Waals surface area contributed by atoms with Gasteiger partial charge in [0.1, 0.15) is 11.9 Å². The molecule has 1 aromatic carbocycles. The summed E-state index contributed by atoms with van der Waals surface area (Å²) in [5.74, 6) is 1.93. The molecule has 1 amide bonds. The molecule has 2 heterocycles. The van der Waals surface area contributed by atoms with Gasteiger partial charge >= 0.3 is 0 Å². The Hall–Kier alpha value is -2.83. The van der Waals surface area contributed by atoms with Crippen LogP contribution in [0.4, 0.5) is 5.82 Å². The third kappa shape index (κ3) is 4.22. The van der Waals surface area contributed by atoms with Crippen molar-refractivity contribution in [3.63, 3.8) is 0 Å². The van der Waals surface area contributed by atoms with Crippen molar-refractivity contribution in [1.29, 1.82) is 0 Å². The summed E-state index contributed by atoms with van der Waals surface area (Å²) in [5.41, 5.74) is 0.625. The van der Waals surface area contributed by atoms with Gasteiger partial charge in [-0.3, -0.25) is 4.79 Å². The number of anilines is 1. The lowest BCUT2D eigenvalue weighted by atomic mass is 10.1. The lowest BCUT2D eigenvalue weighted by molar-refractivity contribution is 0.0525. The average Bonchev–Trinajstić information content (AvgIpc) is 2.68. The zero-order chi connectivity index (χ0) is 18.5. The molecule has 2 aromatic rings. The Bertz CT molecular complexity index is 749. The van der Waals surface area contributed by atoms with E-state index in [0.29, 0.717) is 23.7 Å². The fraction of sp³-hybridized carbons (Fsp3) is 0.421. The van der Waals surface area contributed by atoms with Gasteiger partial charge in [0.15, 0.2) is 5.82 Å². The zero-order valence-corrected chi connectivity index (χ0v) is 15.4. The van der Waals surface area contributed by atoms with E-state index in [1.54, 1.807) is 19.2 Å². The second kappa shape index (κ2) is 8.03. The number of rotatable bonds is 5. The maximum atomic E-state index is 12.8. The van der Waals surface area contributed by atoms with Crippen LogP contribution in [0.1, 0.15) is 23.2 Å². The largest absolute Gasteiger partial charge is 0.497 e. The number of carbonyl (C=O) groups is 1. The average molecular weight is 356 g/mol. The number of hydrogen-bond donors (Lipinski definition) is 0. The summed E-state index contributed by atoms with van der Waals surface area (Å²) >= 11 is 0. The third-order valence-corrected chi connectivity index (χ3v) is 4.35. The summed E-state index contributed by atoms with van der Waals surface area (Å²) in [6, 6.07) is 10.9. The summed E-state index contributed by atoms with van der Waals surface area (Å²) in [4.78, 5) is 16.5. The first-order valence-electron chi connectivity index (χ1n) is 8.68. The van der Waals surface area contributed by atoms with E-state index in [1.807, 2.05) is 48.2 Å². The van der Waals surface area contributed by atoms with Crippen LogP contribution in [0.2, 0.25) is 0 Å². The Kier molecular flexibility index (Phi) is 5.55. The van der Waals surface area contributed by atoms with Gasteiger partial charge in [0.05, 0.1) is 13.7 Å². The van der Waals surface area contributed by atoms with Crippen LogP contribution in [0.25, 0.3) is 0 Å². The van der Waals surface area contributed by atoms with E-state index in [1.165, 1.54) is 0 Å². The number of likely N-dealkylation sites (tertiary alicyclic amines) is 1. The number of hydrogen-bond acceptors (Lipinski definition) is 6. The fourth-order valence-electron chi connectivity index (χ4n) is 2.94. The number of amides is 1. The molecule has 1 aliphatic rings. The van der Waals surface area contributed by atoms with Crippen molar-refractivity contribution in [3.05, 3.63) is 42.0 Å². The number of methoxy groups -OCH3 is 1. The first-order valence-corrected chi connectivity index (χ1v) is 8.68. The van der Waals surface area contributed by atoms with Gasteiger partial charge in [-0.15, -0.1) is 10.2 Å². The molecule has 0 spiro atoms. The van der Waals surface area contributed by atoms with Crippen molar-refractivity contribution >= 4 is 11.7 Å². The summed E-state index contributed by atoms with van der Waals surface area (Å²) in [5, 5.41) is 8.23. The van der Waals surface area contributed by atoms with E-state index in [4.69, 9.17) is 9.47 Å². The normalized spacial score (nSPS) is 16.9. The van der Waals surface area contributed by atoms with E-state index in [0.717, 1.165) is 25.2 Å². The van der Waals surface area contributed by atoms with E-state index in [-0.39, 0.29) is 12.0 Å². The minimum absolute atomic E-state index is 0.00811. The lowest BCUT2D eigenvalue weighted by Gasteiger charge is -2.32. The number of ether oxygens (including phenoxy) is 2. The topological polar surface area (TPSA) is 67.8 Å². The minimum Gasteiger partial charge on any atom is -0.497 e. The van der Waals surface area contributed by atoms with Crippen molar-refractivity contribution in [1.82, 2.24) is 15.1 Å². The summed E-state index contributed by atoms with van der Waals surface area (Å²) in [6.07, 6.45) is 1.69. The summed E-state index contributed by atoms with van der Waals surface area (Å²) < 4.78 is 11.1. The fourth-order valence-corrected chi connectivity index (χ4v) is 2.94. The van der Waals surface area contributed by atoms with Crippen LogP contribution < -0.4 is 14.4 Å². The predicted molar refractivity (Wildman–Crippen MR) is 98.9 cm³/mol. The smallest absolute Gasteiger partial charge is 0.254 e. The molecule has 1 unspecified atom stereocenters. The molecule has 1 atom stereocenters. The third-order valence-electron chi connectivity index (χ3n) is 4.35. The van der Waals surface area contributed by atoms with E-state index in [2.05, 4.69) is 10.2 Å². The molecule has 0 N–H and O–H groups in total. The lowest BCUT2D eigenvalue weighted by Crippen LogP contribution is -2.44. The van der Waals surface area contributed by atoms with Crippen LogP contribution in [0.5, 0.6) is 11.6 Å². The molecule has 3 rings (SSSR count). The van der Waals surface area contributed by atoms with Crippen molar-refractivity contribution in [3.8, 4) is 11.6 Å². The van der Waals surface area contributed by atoms with Gasteiger partial charge in [-0.2, -0.15) is 0 Å². The number of piperidine rings is 1. The molecule has 1 fully saturated rings. The summed E-state index contributed by atoms with van der Waals surface area (Å²) in [6.45, 7) is 1.26. The standard InChI is InChI=1S/C19H24N4O3/c1-22(2)17-9-10-18(21-20-17)26-16-8-5-11-23(13-16)19(24)14-6-4-7-15(12-14)25-3/h4,6-7,9-10,12,16H,5,8,11,13H2,1-3H3. The van der Waals surface area contributed by atoms with Gasteiger partial charge in [-0.05, 0) is 37.1 Å². The highest BCUT2D eigenvalue weighted by atomic mass is 16.5. The van der Waals surface area contributed by atoms with Gasteiger partial charge < -0.3 is 19.3 Å². The van der Waals surface area contributed by atoms with E-state index < -0.39 is 0 Å². The highest BCUT2D eigenvalue weighted by Crippen LogP contribution is 2.20. The number of carbonyl (C=O) groups excluding carboxylic acids is 1. The van der Waals surface area contributed by atoms with Crippen LogP contribution in [0.3, 0.4) is 0 Å².